The van der Waals surface area contributed by atoms with Gasteiger partial charge in [0, 0.05) is 26.2 Å². The normalized spacial score (nSPS) is 12.9. The molecule has 0 atom stereocenters. The van der Waals surface area contributed by atoms with Crippen LogP contribution in [0, 0.1) is 5.92 Å². The molecule has 0 bridgehead atoms. The van der Waals surface area contributed by atoms with Gasteiger partial charge in [0.05, 0.1) is 0 Å². The molecule has 4 rings (SSSR count). The van der Waals surface area contributed by atoms with E-state index in [1.807, 2.05) is 0 Å². The molecule has 0 spiro atoms. The Morgan fingerprint density at radius 1 is 0.783 bits per heavy atom. The van der Waals surface area contributed by atoms with E-state index in [1.54, 1.807) is 5.57 Å². The van der Waals surface area contributed by atoms with Crippen molar-refractivity contribution in [2.24, 2.45) is 5.92 Å². The Hall–Kier alpha value is -1.46. The molecule has 0 N–H and O–H groups in total. The van der Waals surface area contributed by atoms with E-state index in [-0.39, 0.29) is 26.2 Å². The van der Waals surface area contributed by atoms with Crippen LogP contribution in [0.1, 0.15) is 25.0 Å². The van der Waals surface area contributed by atoms with Crippen molar-refractivity contribution < 1.29 is 26.2 Å². The van der Waals surface area contributed by atoms with E-state index in [0.29, 0.717) is 5.92 Å². The van der Waals surface area contributed by atoms with Crippen molar-refractivity contribution in [3.8, 4) is 11.1 Å². The van der Waals surface area contributed by atoms with Crippen molar-refractivity contribution in [1.82, 2.24) is 0 Å². The third-order valence-corrected chi connectivity index (χ3v) is 4.74. The van der Waals surface area contributed by atoms with E-state index in [9.17, 15) is 0 Å². The van der Waals surface area contributed by atoms with Gasteiger partial charge in [0.25, 0.3) is 0 Å². The second-order valence-electron chi connectivity index (χ2n) is 6.46. The van der Waals surface area contributed by atoms with E-state index in [1.165, 1.54) is 33.0 Å². The van der Waals surface area contributed by atoms with Gasteiger partial charge in [-0.3, -0.25) is 0 Å². The Labute approximate surface area is 157 Å². The predicted molar refractivity (Wildman–Crippen MR) is 95.9 cm³/mol. The third kappa shape index (κ3) is 2.88. The van der Waals surface area contributed by atoms with Crippen molar-refractivity contribution >= 4 is 16.8 Å². The van der Waals surface area contributed by atoms with Crippen LogP contribution in [-0.2, 0) is 32.6 Å². The van der Waals surface area contributed by atoms with E-state index in [4.69, 9.17) is 0 Å². The molecule has 0 heterocycles. The fourth-order valence-electron chi connectivity index (χ4n) is 3.46. The van der Waals surface area contributed by atoms with Gasteiger partial charge in [0.2, 0.25) is 0 Å². The monoisotopic (exact) mass is 374 g/mol. The molecule has 0 saturated heterocycles. The standard InChI is InChI=1S/C22H20.Zr/c1-15(2)18-13-17-9-6-12-21(22(17)14-18)20-11-5-8-16-7-3-4-10-19(16)20;/h3-12,14-15H,13H2,1-2H3;. The Morgan fingerprint density at radius 2 is 1.48 bits per heavy atom. The maximum absolute atomic E-state index is 2.41. The molecule has 0 aromatic heterocycles. The van der Waals surface area contributed by atoms with Gasteiger partial charge >= 0.3 is 0 Å². The van der Waals surface area contributed by atoms with E-state index in [2.05, 4.69) is 80.6 Å². The van der Waals surface area contributed by atoms with Gasteiger partial charge in [-0.25, -0.2) is 0 Å². The van der Waals surface area contributed by atoms with Crippen LogP contribution in [0.3, 0.4) is 0 Å². The minimum absolute atomic E-state index is 0. The summed E-state index contributed by atoms with van der Waals surface area (Å²) >= 11 is 0. The van der Waals surface area contributed by atoms with Crippen molar-refractivity contribution in [3.05, 3.63) is 77.4 Å². The predicted octanol–water partition coefficient (Wildman–Crippen LogP) is 6.10. The first-order valence-corrected chi connectivity index (χ1v) is 8.04. The SMILES string of the molecule is CC(C)C1=Cc2c(cccc2-c2cccc3ccccc23)C1.[Zr]. The van der Waals surface area contributed by atoms with Gasteiger partial charge in [-0.05, 0) is 45.4 Å². The molecule has 0 unspecified atom stereocenters. The minimum Gasteiger partial charge on any atom is -0.0626 e. The van der Waals surface area contributed by atoms with Gasteiger partial charge in [0.15, 0.2) is 0 Å². The average Bonchev–Trinajstić information content (AvgIpc) is 2.99. The molecule has 0 saturated carbocycles. The van der Waals surface area contributed by atoms with Gasteiger partial charge < -0.3 is 0 Å². The first kappa shape index (κ1) is 16.4. The van der Waals surface area contributed by atoms with E-state index < -0.39 is 0 Å². The summed E-state index contributed by atoms with van der Waals surface area (Å²) in [5.74, 6) is 0.618. The summed E-state index contributed by atoms with van der Waals surface area (Å²) in [4.78, 5) is 0. The maximum atomic E-state index is 2.41. The zero-order chi connectivity index (χ0) is 15.1. The van der Waals surface area contributed by atoms with Crippen LogP contribution in [-0.4, -0.2) is 0 Å². The largest absolute Gasteiger partial charge is 0.0626 e. The van der Waals surface area contributed by atoms with Crippen LogP contribution in [0.15, 0.2) is 66.2 Å². The Bertz CT molecular complexity index is 882. The van der Waals surface area contributed by atoms with Crippen LogP contribution in [0.5, 0.6) is 0 Å². The van der Waals surface area contributed by atoms with Crippen molar-refractivity contribution in [2.75, 3.05) is 0 Å². The topological polar surface area (TPSA) is 0 Å². The average molecular weight is 376 g/mol. The maximum Gasteiger partial charge on any atom is 0 e. The summed E-state index contributed by atoms with van der Waals surface area (Å²) < 4.78 is 0. The first-order valence-electron chi connectivity index (χ1n) is 8.04. The minimum atomic E-state index is 0. The van der Waals surface area contributed by atoms with Crippen LogP contribution in [0.4, 0.5) is 0 Å². The number of benzene rings is 3. The van der Waals surface area contributed by atoms with Gasteiger partial charge in [-0.15, -0.1) is 0 Å². The molecule has 0 amide bonds. The number of hydrogen-bond donors (Lipinski definition) is 0. The van der Waals surface area contributed by atoms with Crippen LogP contribution < -0.4 is 0 Å². The second kappa shape index (κ2) is 6.58. The number of allylic oxidation sites excluding steroid dienone is 1. The summed E-state index contributed by atoms with van der Waals surface area (Å²) in [5.41, 5.74) is 7.14. The summed E-state index contributed by atoms with van der Waals surface area (Å²) in [6, 6.07) is 22.0. The van der Waals surface area contributed by atoms with Crippen molar-refractivity contribution in [1.29, 1.82) is 0 Å². The van der Waals surface area contributed by atoms with Crippen LogP contribution in [0.2, 0.25) is 0 Å². The second-order valence-corrected chi connectivity index (χ2v) is 6.46. The summed E-state index contributed by atoms with van der Waals surface area (Å²) in [6.07, 6.45) is 3.52. The Balaban J connectivity index is 0.00000156. The van der Waals surface area contributed by atoms with Gasteiger partial charge in [-0.1, -0.05) is 86.2 Å². The molecule has 0 fully saturated rings. The van der Waals surface area contributed by atoms with Gasteiger partial charge in [-0.2, -0.15) is 0 Å². The molecule has 3 aromatic carbocycles. The molecule has 0 aliphatic heterocycles. The fourth-order valence-corrected chi connectivity index (χ4v) is 3.46. The van der Waals surface area contributed by atoms with Gasteiger partial charge in [0.1, 0.15) is 0 Å². The Morgan fingerprint density at radius 3 is 2.30 bits per heavy atom. The molecule has 112 valence electrons. The zero-order valence-electron chi connectivity index (χ0n) is 13.6. The number of fused-ring (bicyclic) bond motifs is 2. The summed E-state index contributed by atoms with van der Waals surface area (Å²) in [6.45, 7) is 4.57. The number of hydrogen-bond acceptors (Lipinski definition) is 0. The molecule has 23 heavy (non-hydrogen) atoms. The molecular formula is C22H20Zr. The smallest absolute Gasteiger partial charge is 0 e. The molecular weight excluding hydrogens is 355 g/mol. The molecule has 0 radical (unpaired) electrons. The molecule has 1 heteroatoms. The third-order valence-electron chi connectivity index (χ3n) is 4.74. The molecule has 1 aliphatic rings. The molecule has 3 aromatic rings. The molecule has 0 nitrogen and oxygen atoms in total. The summed E-state index contributed by atoms with van der Waals surface area (Å²) in [7, 11) is 0. The first-order chi connectivity index (χ1) is 10.7. The fraction of sp³-hybridized carbons (Fsp3) is 0.182. The molecule has 1 aliphatic carbocycles. The van der Waals surface area contributed by atoms with Crippen molar-refractivity contribution in [2.45, 2.75) is 20.3 Å². The quantitative estimate of drug-likeness (QED) is 0.508. The zero-order valence-corrected chi connectivity index (χ0v) is 16.1. The van der Waals surface area contributed by atoms with Crippen molar-refractivity contribution in [3.63, 3.8) is 0 Å². The Kier molecular flexibility index (Phi) is 4.69. The van der Waals surface area contributed by atoms with E-state index >= 15 is 0 Å². The summed E-state index contributed by atoms with van der Waals surface area (Å²) in [5, 5.41) is 2.65. The van der Waals surface area contributed by atoms with Crippen LogP contribution >= 0.6 is 0 Å². The van der Waals surface area contributed by atoms with E-state index in [0.717, 1.165) is 6.42 Å². The number of rotatable bonds is 2. The van der Waals surface area contributed by atoms with Crippen LogP contribution in [0.25, 0.3) is 28.0 Å².